The molecule has 1 N–H and O–H groups in total. The number of hydrogen-bond donors (Lipinski definition) is 1. The van der Waals surface area contributed by atoms with Gasteiger partial charge in [-0.3, -0.25) is 4.79 Å². The van der Waals surface area contributed by atoms with Gasteiger partial charge in [-0.25, -0.2) is 9.37 Å². The third kappa shape index (κ3) is 1.04. The van der Waals surface area contributed by atoms with Gasteiger partial charge in [-0.2, -0.15) is 5.26 Å². The Morgan fingerprint density at radius 2 is 2.46 bits per heavy atom. The van der Waals surface area contributed by atoms with Gasteiger partial charge in [-0.15, -0.1) is 0 Å². The Bertz CT molecular complexity index is 436. The number of anilines is 1. The largest absolute Gasteiger partial charge is 0.323 e. The van der Waals surface area contributed by atoms with Crippen LogP contribution >= 0.6 is 0 Å². The summed E-state index contributed by atoms with van der Waals surface area (Å²) in [6.07, 6.45) is 0.941. The van der Waals surface area contributed by atoms with E-state index in [4.69, 9.17) is 5.26 Å². The number of nitrogens with zero attached hydrogens (tertiary/aromatic N) is 2. The predicted molar refractivity (Wildman–Crippen MR) is 41.2 cm³/mol. The minimum Gasteiger partial charge on any atom is -0.323 e. The minimum absolute atomic E-state index is 0.0155. The molecule has 0 spiro atoms. The third-order valence-electron chi connectivity index (χ3n) is 1.84. The molecule has 13 heavy (non-hydrogen) atoms. The molecule has 5 heteroatoms. The van der Waals surface area contributed by atoms with Gasteiger partial charge in [-0.1, -0.05) is 0 Å². The molecule has 1 aromatic rings. The molecule has 0 bridgehead atoms. The van der Waals surface area contributed by atoms with E-state index in [0.29, 0.717) is 0 Å². The van der Waals surface area contributed by atoms with E-state index in [1.807, 2.05) is 0 Å². The van der Waals surface area contributed by atoms with Crippen molar-refractivity contribution >= 4 is 11.6 Å². The first-order valence-corrected chi connectivity index (χ1v) is 3.59. The molecule has 0 atom stereocenters. The fourth-order valence-electron chi connectivity index (χ4n) is 1.26. The Hall–Kier alpha value is -1.96. The summed E-state index contributed by atoms with van der Waals surface area (Å²) in [5, 5.41) is 11.0. The van der Waals surface area contributed by atoms with Crippen LogP contribution in [-0.4, -0.2) is 10.9 Å². The first kappa shape index (κ1) is 7.68. The van der Waals surface area contributed by atoms with Crippen molar-refractivity contribution < 1.29 is 9.18 Å². The summed E-state index contributed by atoms with van der Waals surface area (Å²) in [7, 11) is 0. The number of carbonyl (C=O) groups excluding carboxylic acids is 1. The van der Waals surface area contributed by atoms with Gasteiger partial charge in [0.15, 0.2) is 5.69 Å². The lowest BCUT2D eigenvalue weighted by molar-refractivity contribution is -0.115. The number of nitriles is 1. The second-order valence-corrected chi connectivity index (χ2v) is 2.65. The lowest BCUT2D eigenvalue weighted by atomic mass is 10.1. The van der Waals surface area contributed by atoms with Crippen LogP contribution in [-0.2, 0) is 11.2 Å². The molecular weight excluding hydrogens is 173 g/mol. The average molecular weight is 177 g/mol. The summed E-state index contributed by atoms with van der Waals surface area (Å²) in [5.74, 6) is -0.856. The van der Waals surface area contributed by atoms with Gasteiger partial charge in [0.05, 0.1) is 18.3 Å². The number of hydrogen-bond acceptors (Lipinski definition) is 3. The van der Waals surface area contributed by atoms with E-state index in [9.17, 15) is 9.18 Å². The molecule has 0 fully saturated rings. The van der Waals surface area contributed by atoms with E-state index in [2.05, 4.69) is 10.3 Å². The number of aromatic nitrogens is 1. The standard InChI is InChI=1S/C8H4FN3O/c9-5-3-11-6(2-10)8-4(5)1-7(13)12-8/h3H,1H2,(H,12,13). The second kappa shape index (κ2) is 2.52. The van der Waals surface area contributed by atoms with Gasteiger partial charge in [-0.05, 0) is 0 Å². The molecule has 1 aromatic heterocycles. The van der Waals surface area contributed by atoms with Crippen LogP contribution in [0.1, 0.15) is 11.3 Å². The van der Waals surface area contributed by atoms with Crippen LogP contribution in [0.3, 0.4) is 0 Å². The molecule has 1 aliphatic rings. The number of amides is 1. The number of fused-ring (bicyclic) bond motifs is 1. The highest BCUT2D eigenvalue weighted by atomic mass is 19.1. The molecule has 1 aliphatic heterocycles. The SMILES string of the molecule is N#Cc1ncc(F)c2c1NC(=O)C2. The van der Waals surface area contributed by atoms with E-state index in [-0.39, 0.29) is 29.3 Å². The van der Waals surface area contributed by atoms with Gasteiger partial charge in [0.2, 0.25) is 5.91 Å². The molecule has 64 valence electrons. The van der Waals surface area contributed by atoms with Gasteiger partial charge in [0.25, 0.3) is 0 Å². The van der Waals surface area contributed by atoms with Crippen LogP contribution in [0.15, 0.2) is 6.20 Å². The quantitative estimate of drug-likeness (QED) is 0.630. The average Bonchev–Trinajstić information content (AvgIpc) is 2.48. The van der Waals surface area contributed by atoms with E-state index in [1.54, 1.807) is 6.07 Å². The van der Waals surface area contributed by atoms with E-state index >= 15 is 0 Å². The number of nitrogens with one attached hydrogen (secondary N) is 1. The maximum absolute atomic E-state index is 13.0. The molecule has 4 nitrogen and oxygen atoms in total. The molecule has 0 aliphatic carbocycles. The number of carbonyl (C=O) groups is 1. The smallest absolute Gasteiger partial charge is 0.229 e. The molecule has 1 amide bonds. The summed E-state index contributed by atoms with van der Waals surface area (Å²) in [6.45, 7) is 0. The maximum atomic E-state index is 13.0. The van der Waals surface area contributed by atoms with Crippen molar-refractivity contribution in [1.29, 1.82) is 5.26 Å². The van der Waals surface area contributed by atoms with Crippen molar-refractivity contribution in [1.82, 2.24) is 4.98 Å². The van der Waals surface area contributed by atoms with Crippen molar-refractivity contribution in [2.75, 3.05) is 5.32 Å². The minimum atomic E-state index is -0.549. The monoisotopic (exact) mass is 177 g/mol. The number of rotatable bonds is 0. The highest BCUT2D eigenvalue weighted by Gasteiger charge is 2.24. The van der Waals surface area contributed by atoms with E-state index in [0.717, 1.165) is 6.20 Å². The third-order valence-corrected chi connectivity index (χ3v) is 1.84. The van der Waals surface area contributed by atoms with Gasteiger partial charge >= 0.3 is 0 Å². The molecule has 0 aromatic carbocycles. The Balaban J connectivity index is 2.67. The summed E-state index contributed by atoms with van der Waals surface area (Å²) < 4.78 is 13.0. The fraction of sp³-hybridized carbons (Fsp3) is 0.125. The summed E-state index contributed by atoms with van der Waals surface area (Å²) >= 11 is 0. The van der Waals surface area contributed by atoms with Crippen LogP contribution in [0.25, 0.3) is 0 Å². The van der Waals surface area contributed by atoms with E-state index in [1.165, 1.54) is 0 Å². The van der Waals surface area contributed by atoms with E-state index < -0.39 is 5.82 Å². The summed E-state index contributed by atoms with van der Waals surface area (Å²) in [5.41, 5.74) is 0.506. The second-order valence-electron chi connectivity index (χ2n) is 2.65. The van der Waals surface area contributed by atoms with Crippen LogP contribution in [0.4, 0.5) is 10.1 Å². The highest BCUT2D eigenvalue weighted by molar-refractivity contribution is 6.00. The molecule has 2 rings (SSSR count). The molecule has 2 heterocycles. The molecule has 0 saturated heterocycles. The number of pyridine rings is 1. The lowest BCUT2D eigenvalue weighted by Gasteiger charge is -1.99. The van der Waals surface area contributed by atoms with Crippen LogP contribution in [0.5, 0.6) is 0 Å². The molecular formula is C8H4FN3O. The zero-order chi connectivity index (χ0) is 9.42. The van der Waals surface area contributed by atoms with Gasteiger partial charge < -0.3 is 5.32 Å². The first-order chi connectivity index (χ1) is 6.22. The van der Waals surface area contributed by atoms with Crippen LogP contribution in [0.2, 0.25) is 0 Å². The molecule has 0 unspecified atom stereocenters. The van der Waals surface area contributed by atoms with Crippen molar-refractivity contribution in [3.05, 3.63) is 23.3 Å². The highest BCUT2D eigenvalue weighted by Crippen LogP contribution is 2.27. The van der Waals surface area contributed by atoms with Crippen LogP contribution < -0.4 is 5.32 Å². The lowest BCUT2D eigenvalue weighted by Crippen LogP contribution is -2.04. The topological polar surface area (TPSA) is 65.8 Å². The first-order valence-electron chi connectivity index (χ1n) is 3.59. The molecule has 0 saturated carbocycles. The van der Waals surface area contributed by atoms with Crippen molar-refractivity contribution in [3.8, 4) is 6.07 Å². The van der Waals surface area contributed by atoms with Gasteiger partial charge in [0, 0.05) is 5.56 Å². The zero-order valence-electron chi connectivity index (χ0n) is 6.47. The molecule has 0 radical (unpaired) electrons. The Kier molecular flexibility index (Phi) is 1.49. The fourth-order valence-corrected chi connectivity index (χ4v) is 1.26. The number of halogens is 1. The predicted octanol–water partition coefficient (Wildman–Crippen LogP) is 0.587. The Morgan fingerprint density at radius 1 is 1.69 bits per heavy atom. The van der Waals surface area contributed by atoms with Crippen molar-refractivity contribution in [3.63, 3.8) is 0 Å². The normalized spacial score (nSPS) is 13.4. The van der Waals surface area contributed by atoms with Gasteiger partial charge in [0.1, 0.15) is 11.9 Å². The summed E-state index contributed by atoms with van der Waals surface area (Å²) in [6, 6.07) is 1.78. The zero-order valence-corrected chi connectivity index (χ0v) is 6.47. The Morgan fingerprint density at radius 3 is 3.15 bits per heavy atom. The van der Waals surface area contributed by atoms with Crippen molar-refractivity contribution in [2.24, 2.45) is 0 Å². The Labute approximate surface area is 73.0 Å². The van der Waals surface area contributed by atoms with Crippen LogP contribution in [0, 0.1) is 17.1 Å². The summed E-state index contributed by atoms with van der Waals surface area (Å²) in [4.78, 5) is 14.5. The van der Waals surface area contributed by atoms with Crippen molar-refractivity contribution in [2.45, 2.75) is 6.42 Å². The maximum Gasteiger partial charge on any atom is 0.229 e.